The van der Waals surface area contributed by atoms with E-state index in [1.165, 1.54) is 0 Å². The summed E-state index contributed by atoms with van der Waals surface area (Å²) in [5.41, 5.74) is 8.71. The van der Waals surface area contributed by atoms with Crippen LogP contribution in [0.25, 0.3) is 11.3 Å². The number of nitrogens with one attached hydrogen (secondary N) is 1. The molecular formula is C15H20N4O2. The van der Waals surface area contributed by atoms with Crippen molar-refractivity contribution in [3.8, 4) is 17.0 Å². The number of nitrogens with zero attached hydrogens (tertiary/aromatic N) is 2. The van der Waals surface area contributed by atoms with Gasteiger partial charge in [-0.1, -0.05) is 13.3 Å². The number of rotatable bonds is 6. The van der Waals surface area contributed by atoms with Crippen LogP contribution in [0.2, 0.25) is 0 Å². The lowest BCUT2D eigenvalue weighted by Gasteiger charge is -2.13. The number of benzene rings is 1. The molecule has 0 atom stereocenters. The highest BCUT2D eigenvalue weighted by atomic mass is 16.5. The molecule has 0 radical (unpaired) electrons. The van der Waals surface area contributed by atoms with Crippen molar-refractivity contribution in [2.24, 2.45) is 5.73 Å². The van der Waals surface area contributed by atoms with Crippen LogP contribution in [-0.4, -0.2) is 27.9 Å². The Morgan fingerprint density at radius 2 is 1.95 bits per heavy atom. The van der Waals surface area contributed by atoms with Crippen LogP contribution < -0.4 is 10.5 Å². The number of carbonyl (C=O) groups is 1. The van der Waals surface area contributed by atoms with Crippen molar-refractivity contribution in [1.29, 1.82) is 0 Å². The topological polar surface area (TPSA) is 93.9 Å². The number of carbonyl (C=O) groups excluding carboxylic acids is 1. The van der Waals surface area contributed by atoms with E-state index in [1.54, 1.807) is 0 Å². The third-order valence-electron chi connectivity index (χ3n) is 3.26. The van der Waals surface area contributed by atoms with E-state index in [0.717, 1.165) is 35.3 Å². The second kappa shape index (κ2) is 6.39. The molecule has 2 rings (SSSR count). The van der Waals surface area contributed by atoms with Gasteiger partial charge in [0.2, 0.25) is 0 Å². The van der Waals surface area contributed by atoms with Crippen molar-refractivity contribution in [3.63, 3.8) is 0 Å². The number of aromatic nitrogens is 3. The summed E-state index contributed by atoms with van der Waals surface area (Å²) < 4.78 is 5.82. The van der Waals surface area contributed by atoms with E-state index in [1.807, 2.05) is 26.0 Å². The van der Waals surface area contributed by atoms with E-state index in [2.05, 4.69) is 22.3 Å². The predicted octanol–water partition coefficient (Wildman–Crippen LogP) is 2.37. The number of hydrogen-bond donors (Lipinski definition) is 2. The molecule has 0 saturated carbocycles. The van der Waals surface area contributed by atoms with Crippen molar-refractivity contribution in [2.45, 2.75) is 33.6 Å². The summed E-state index contributed by atoms with van der Waals surface area (Å²) in [7, 11) is 0. The Bertz CT molecular complexity index is 626. The van der Waals surface area contributed by atoms with Crippen molar-refractivity contribution < 1.29 is 9.53 Å². The number of H-pyrrole nitrogens is 1. The molecule has 1 aromatic carbocycles. The molecule has 1 amide bonds. The zero-order valence-electron chi connectivity index (χ0n) is 12.6. The molecule has 0 unspecified atom stereocenters. The van der Waals surface area contributed by atoms with Gasteiger partial charge < -0.3 is 10.5 Å². The zero-order valence-corrected chi connectivity index (χ0v) is 12.6. The van der Waals surface area contributed by atoms with Crippen LogP contribution in [0.5, 0.6) is 5.75 Å². The molecule has 0 aliphatic carbocycles. The number of unbranched alkanes of at least 4 members (excludes halogenated alkanes) is 1. The maximum absolute atomic E-state index is 11.3. The Hall–Kier alpha value is -2.37. The molecule has 3 N–H and O–H groups in total. The quantitative estimate of drug-likeness (QED) is 0.798. The van der Waals surface area contributed by atoms with Gasteiger partial charge >= 0.3 is 0 Å². The van der Waals surface area contributed by atoms with Crippen LogP contribution >= 0.6 is 0 Å². The lowest BCUT2D eigenvalue weighted by molar-refractivity contribution is 0.0996. The monoisotopic (exact) mass is 288 g/mol. The third-order valence-corrected chi connectivity index (χ3v) is 3.26. The van der Waals surface area contributed by atoms with Gasteiger partial charge in [0, 0.05) is 5.56 Å². The molecule has 6 heteroatoms. The van der Waals surface area contributed by atoms with Crippen molar-refractivity contribution in [3.05, 3.63) is 29.0 Å². The summed E-state index contributed by atoms with van der Waals surface area (Å²) in [6.45, 7) is 6.78. The average Bonchev–Trinajstić information content (AvgIpc) is 2.91. The highest BCUT2D eigenvalue weighted by Crippen LogP contribution is 2.30. The summed E-state index contributed by atoms with van der Waals surface area (Å²) in [5, 5.41) is 10.3. The van der Waals surface area contributed by atoms with Crippen LogP contribution in [0.15, 0.2) is 12.1 Å². The predicted molar refractivity (Wildman–Crippen MR) is 80.2 cm³/mol. The Morgan fingerprint density at radius 1 is 1.29 bits per heavy atom. The fourth-order valence-corrected chi connectivity index (χ4v) is 2.24. The van der Waals surface area contributed by atoms with Gasteiger partial charge in [-0.3, -0.25) is 4.79 Å². The van der Waals surface area contributed by atoms with E-state index in [9.17, 15) is 4.79 Å². The van der Waals surface area contributed by atoms with Gasteiger partial charge in [-0.05, 0) is 43.5 Å². The minimum atomic E-state index is -0.600. The smallest absolute Gasteiger partial charge is 0.271 e. The van der Waals surface area contributed by atoms with Gasteiger partial charge in [0.05, 0.1) is 6.61 Å². The SMILES string of the molecule is CCCCOc1c(C)cc(-c2n[nH]nc2C(N)=O)cc1C. The first kappa shape index (κ1) is 15.0. The molecule has 6 nitrogen and oxygen atoms in total. The number of primary amides is 1. The molecule has 1 heterocycles. The Labute approximate surface area is 123 Å². The maximum atomic E-state index is 11.3. The second-order valence-electron chi connectivity index (χ2n) is 5.03. The van der Waals surface area contributed by atoms with Crippen molar-refractivity contribution >= 4 is 5.91 Å². The highest BCUT2D eigenvalue weighted by Gasteiger charge is 2.17. The number of aryl methyl sites for hydroxylation is 2. The molecule has 2 aromatic rings. The lowest BCUT2D eigenvalue weighted by atomic mass is 10.0. The number of hydrogen-bond acceptors (Lipinski definition) is 4. The van der Waals surface area contributed by atoms with Gasteiger partial charge in [0.25, 0.3) is 5.91 Å². The summed E-state index contributed by atoms with van der Waals surface area (Å²) in [6.07, 6.45) is 2.12. The number of aromatic amines is 1. The standard InChI is InChI=1S/C15H20N4O2/c1-4-5-6-21-14-9(2)7-11(8-10(14)3)12-13(15(16)20)18-19-17-12/h7-8H,4-6H2,1-3H3,(H2,16,20)(H,17,18,19). The fourth-order valence-electron chi connectivity index (χ4n) is 2.24. The molecule has 0 aliphatic rings. The van der Waals surface area contributed by atoms with Crippen LogP contribution in [0.3, 0.4) is 0 Å². The highest BCUT2D eigenvalue weighted by molar-refractivity contribution is 5.96. The van der Waals surface area contributed by atoms with Gasteiger partial charge in [0.15, 0.2) is 5.69 Å². The zero-order chi connectivity index (χ0) is 15.4. The second-order valence-corrected chi connectivity index (χ2v) is 5.03. The summed E-state index contributed by atoms with van der Waals surface area (Å²) in [5.74, 6) is 0.286. The molecule has 21 heavy (non-hydrogen) atoms. The summed E-state index contributed by atoms with van der Waals surface area (Å²) in [6, 6.07) is 3.86. The summed E-state index contributed by atoms with van der Waals surface area (Å²) in [4.78, 5) is 11.3. The minimum Gasteiger partial charge on any atom is -0.493 e. The van der Waals surface area contributed by atoms with Gasteiger partial charge in [-0.15, -0.1) is 0 Å². The van der Waals surface area contributed by atoms with Gasteiger partial charge in [-0.25, -0.2) is 0 Å². The molecule has 0 bridgehead atoms. The Balaban J connectivity index is 2.35. The van der Waals surface area contributed by atoms with E-state index in [0.29, 0.717) is 12.3 Å². The lowest BCUT2D eigenvalue weighted by Crippen LogP contribution is -2.12. The fraction of sp³-hybridized carbons (Fsp3) is 0.400. The Morgan fingerprint density at radius 3 is 2.52 bits per heavy atom. The molecule has 0 fully saturated rings. The number of nitrogens with two attached hydrogens (primary N) is 1. The number of ether oxygens (including phenoxy) is 1. The van der Waals surface area contributed by atoms with E-state index in [-0.39, 0.29) is 5.69 Å². The first-order chi connectivity index (χ1) is 10.0. The summed E-state index contributed by atoms with van der Waals surface area (Å²) >= 11 is 0. The normalized spacial score (nSPS) is 10.6. The molecule has 0 spiro atoms. The largest absolute Gasteiger partial charge is 0.493 e. The third kappa shape index (κ3) is 3.21. The molecule has 0 saturated heterocycles. The number of amides is 1. The molecule has 1 aromatic heterocycles. The Kier molecular flexibility index (Phi) is 4.57. The first-order valence-electron chi connectivity index (χ1n) is 6.99. The van der Waals surface area contributed by atoms with Crippen LogP contribution in [0.4, 0.5) is 0 Å². The van der Waals surface area contributed by atoms with Crippen molar-refractivity contribution in [2.75, 3.05) is 6.61 Å². The molecule has 112 valence electrons. The van der Waals surface area contributed by atoms with Crippen molar-refractivity contribution in [1.82, 2.24) is 15.4 Å². The first-order valence-corrected chi connectivity index (χ1v) is 6.99. The van der Waals surface area contributed by atoms with Crippen LogP contribution in [0, 0.1) is 13.8 Å². The van der Waals surface area contributed by atoms with E-state index >= 15 is 0 Å². The molecular weight excluding hydrogens is 268 g/mol. The van der Waals surface area contributed by atoms with E-state index < -0.39 is 5.91 Å². The van der Waals surface area contributed by atoms with Gasteiger partial charge in [-0.2, -0.15) is 15.4 Å². The van der Waals surface area contributed by atoms with Crippen LogP contribution in [-0.2, 0) is 0 Å². The maximum Gasteiger partial charge on any atom is 0.271 e. The van der Waals surface area contributed by atoms with Gasteiger partial charge in [0.1, 0.15) is 11.4 Å². The molecule has 0 aliphatic heterocycles. The minimum absolute atomic E-state index is 0.147. The van der Waals surface area contributed by atoms with Crippen LogP contribution in [0.1, 0.15) is 41.4 Å². The average molecular weight is 288 g/mol. The van der Waals surface area contributed by atoms with E-state index in [4.69, 9.17) is 10.5 Å².